The van der Waals surface area contributed by atoms with E-state index in [-0.39, 0.29) is 0 Å². The zero-order chi connectivity index (χ0) is 11.1. The van der Waals surface area contributed by atoms with Crippen LogP contribution in [0.2, 0.25) is 0 Å². The van der Waals surface area contributed by atoms with Crippen molar-refractivity contribution in [2.75, 3.05) is 6.54 Å². The minimum atomic E-state index is 0.689. The predicted molar refractivity (Wildman–Crippen MR) is 69.6 cm³/mol. The molecule has 0 fully saturated rings. The molecule has 0 aliphatic rings. The van der Waals surface area contributed by atoms with Gasteiger partial charge in [-0.1, -0.05) is 26.8 Å². The van der Waals surface area contributed by atoms with E-state index in [4.69, 9.17) is 0 Å². The molecular formula is C13H23NS. The molecule has 1 aromatic heterocycles. The Morgan fingerprint density at radius 1 is 1.40 bits per heavy atom. The van der Waals surface area contributed by atoms with E-state index in [1.165, 1.54) is 24.1 Å². The van der Waals surface area contributed by atoms with Crippen LogP contribution in [0, 0.1) is 5.92 Å². The molecule has 86 valence electrons. The van der Waals surface area contributed by atoms with Crippen molar-refractivity contribution in [3.8, 4) is 0 Å². The van der Waals surface area contributed by atoms with Gasteiger partial charge in [0.1, 0.15) is 0 Å². The van der Waals surface area contributed by atoms with Crippen LogP contribution >= 0.6 is 11.3 Å². The minimum Gasteiger partial charge on any atom is -0.314 e. The van der Waals surface area contributed by atoms with Crippen LogP contribution in [0.4, 0.5) is 0 Å². The van der Waals surface area contributed by atoms with Gasteiger partial charge >= 0.3 is 0 Å². The van der Waals surface area contributed by atoms with Crippen LogP contribution < -0.4 is 5.32 Å². The Labute approximate surface area is 97.9 Å². The average molecular weight is 225 g/mol. The van der Waals surface area contributed by atoms with Crippen molar-refractivity contribution >= 4 is 11.3 Å². The third-order valence-electron chi connectivity index (χ3n) is 2.63. The smallest absolute Gasteiger partial charge is 0.00680 e. The minimum absolute atomic E-state index is 0.689. The summed E-state index contributed by atoms with van der Waals surface area (Å²) in [5.74, 6) is 0.751. The van der Waals surface area contributed by atoms with Crippen molar-refractivity contribution in [1.82, 2.24) is 5.32 Å². The summed E-state index contributed by atoms with van der Waals surface area (Å²) >= 11 is 1.87. The molecule has 0 radical (unpaired) electrons. The molecule has 1 unspecified atom stereocenters. The SMILES string of the molecule is CCC(CCc1cccs1)NCC(C)C. The van der Waals surface area contributed by atoms with Gasteiger partial charge < -0.3 is 5.32 Å². The molecule has 0 saturated carbocycles. The molecule has 15 heavy (non-hydrogen) atoms. The molecular weight excluding hydrogens is 202 g/mol. The number of aryl methyl sites for hydroxylation is 1. The van der Waals surface area contributed by atoms with Crippen molar-refractivity contribution in [3.05, 3.63) is 22.4 Å². The van der Waals surface area contributed by atoms with E-state index in [0.29, 0.717) is 6.04 Å². The molecule has 1 heterocycles. The molecule has 0 aromatic carbocycles. The van der Waals surface area contributed by atoms with Gasteiger partial charge in [0.15, 0.2) is 0 Å². The highest BCUT2D eigenvalue weighted by molar-refractivity contribution is 7.09. The number of nitrogens with one attached hydrogen (secondary N) is 1. The summed E-state index contributed by atoms with van der Waals surface area (Å²) in [6.45, 7) is 7.94. The first-order valence-electron chi connectivity index (χ1n) is 5.98. The van der Waals surface area contributed by atoms with E-state index in [0.717, 1.165) is 12.5 Å². The Kier molecular flexibility index (Phi) is 5.96. The van der Waals surface area contributed by atoms with Crippen LogP contribution in [-0.4, -0.2) is 12.6 Å². The molecule has 0 aliphatic heterocycles. The summed E-state index contributed by atoms with van der Waals surface area (Å²) < 4.78 is 0. The zero-order valence-corrected chi connectivity index (χ0v) is 10.9. The molecule has 0 aliphatic carbocycles. The third-order valence-corrected chi connectivity index (χ3v) is 3.56. The zero-order valence-electron chi connectivity index (χ0n) is 10.1. The van der Waals surface area contributed by atoms with E-state index in [2.05, 4.69) is 43.6 Å². The monoisotopic (exact) mass is 225 g/mol. The van der Waals surface area contributed by atoms with Crippen LogP contribution in [0.1, 0.15) is 38.5 Å². The Balaban J connectivity index is 2.22. The molecule has 1 N–H and O–H groups in total. The maximum atomic E-state index is 3.64. The molecule has 0 spiro atoms. The highest BCUT2D eigenvalue weighted by Crippen LogP contribution is 2.13. The summed E-state index contributed by atoms with van der Waals surface area (Å²) in [6, 6.07) is 5.07. The summed E-state index contributed by atoms with van der Waals surface area (Å²) in [5, 5.41) is 5.80. The second kappa shape index (κ2) is 7.02. The molecule has 1 atom stereocenters. The van der Waals surface area contributed by atoms with E-state index >= 15 is 0 Å². The largest absolute Gasteiger partial charge is 0.314 e. The van der Waals surface area contributed by atoms with Crippen LogP contribution in [0.25, 0.3) is 0 Å². The molecule has 1 aromatic rings. The van der Waals surface area contributed by atoms with Gasteiger partial charge in [-0.2, -0.15) is 0 Å². The van der Waals surface area contributed by atoms with Crippen molar-refractivity contribution in [3.63, 3.8) is 0 Å². The molecule has 0 saturated heterocycles. The molecule has 2 heteroatoms. The topological polar surface area (TPSA) is 12.0 Å². The van der Waals surface area contributed by atoms with Crippen molar-refractivity contribution in [1.29, 1.82) is 0 Å². The van der Waals surface area contributed by atoms with Gasteiger partial charge in [-0.05, 0) is 43.2 Å². The van der Waals surface area contributed by atoms with Crippen LogP contribution in [0.3, 0.4) is 0 Å². The second-order valence-electron chi connectivity index (χ2n) is 4.53. The fourth-order valence-corrected chi connectivity index (χ4v) is 2.35. The first kappa shape index (κ1) is 12.7. The lowest BCUT2D eigenvalue weighted by molar-refractivity contribution is 0.432. The molecule has 1 rings (SSSR count). The lowest BCUT2D eigenvalue weighted by Gasteiger charge is -2.17. The second-order valence-corrected chi connectivity index (χ2v) is 5.56. The fraction of sp³-hybridized carbons (Fsp3) is 0.692. The first-order chi connectivity index (χ1) is 7.22. The van der Waals surface area contributed by atoms with E-state index < -0.39 is 0 Å². The first-order valence-corrected chi connectivity index (χ1v) is 6.86. The highest BCUT2D eigenvalue weighted by atomic mass is 32.1. The Hall–Kier alpha value is -0.340. The highest BCUT2D eigenvalue weighted by Gasteiger charge is 2.06. The van der Waals surface area contributed by atoms with Gasteiger partial charge in [0, 0.05) is 10.9 Å². The number of hydrogen-bond donors (Lipinski definition) is 1. The molecule has 0 amide bonds. The van der Waals surface area contributed by atoms with Crippen molar-refractivity contribution in [2.24, 2.45) is 5.92 Å². The van der Waals surface area contributed by atoms with Gasteiger partial charge in [0.05, 0.1) is 0 Å². The third kappa shape index (κ3) is 5.33. The summed E-state index contributed by atoms with van der Waals surface area (Å²) in [4.78, 5) is 1.51. The van der Waals surface area contributed by atoms with E-state index in [9.17, 15) is 0 Å². The van der Waals surface area contributed by atoms with Gasteiger partial charge in [-0.3, -0.25) is 0 Å². The molecule has 0 bridgehead atoms. The maximum absolute atomic E-state index is 3.64. The van der Waals surface area contributed by atoms with Crippen LogP contribution in [-0.2, 0) is 6.42 Å². The Morgan fingerprint density at radius 2 is 2.20 bits per heavy atom. The lowest BCUT2D eigenvalue weighted by atomic mass is 10.1. The van der Waals surface area contributed by atoms with Gasteiger partial charge in [0.2, 0.25) is 0 Å². The van der Waals surface area contributed by atoms with Crippen molar-refractivity contribution in [2.45, 2.75) is 46.1 Å². The summed E-state index contributed by atoms with van der Waals surface area (Å²) in [6.07, 6.45) is 3.73. The summed E-state index contributed by atoms with van der Waals surface area (Å²) in [5.41, 5.74) is 0. The van der Waals surface area contributed by atoms with Gasteiger partial charge in [0.25, 0.3) is 0 Å². The predicted octanol–water partition coefficient (Wildman–Crippen LogP) is 3.70. The van der Waals surface area contributed by atoms with Gasteiger partial charge in [-0.15, -0.1) is 11.3 Å². The standard InChI is InChI=1S/C13H23NS/c1-4-12(14-10-11(2)3)7-8-13-6-5-9-15-13/h5-6,9,11-12,14H,4,7-8,10H2,1-3H3. The van der Waals surface area contributed by atoms with Crippen LogP contribution in [0.15, 0.2) is 17.5 Å². The summed E-state index contributed by atoms with van der Waals surface area (Å²) in [7, 11) is 0. The number of hydrogen-bond acceptors (Lipinski definition) is 2. The quantitative estimate of drug-likeness (QED) is 0.746. The number of rotatable bonds is 7. The van der Waals surface area contributed by atoms with Crippen LogP contribution in [0.5, 0.6) is 0 Å². The number of thiophene rings is 1. The normalized spacial score (nSPS) is 13.3. The Bertz CT molecular complexity index is 241. The van der Waals surface area contributed by atoms with E-state index in [1.807, 2.05) is 11.3 Å². The fourth-order valence-electron chi connectivity index (χ4n) is 1.62. The maximum Gasteiger partial charge on any atom is 0.00680 e. The van der Waals surface area contributed by atoms with Gasteiger partial charge in [-0.25, -0.2) is 0 Å². The average Bonchev–Trinajstić information content (AvgIpc) is 2.70. The molecule has 1 nitrogen and oxygen atoms in total. The van der Waals surface area contributed by atoms with E-state index in [1.54, 1.807) is 0 Å². The Morgan fingerprint density at radius 3 is 2.73 bits per heavy atom. The lowest BCUT2D eigenvalue weighted by Crippen LogP contribution is -2.31. The van der Waals surface area contributed by atoms with Crippen molar-refractivity contribution < 1.29 is 0 Å².